The maximum atomic E-state index is 12.3. The first-order chi connectivity index (χ1) is 9.31. The molecule has 0 spiro atoms. The molecule has 20 heavy (non-hydrogen) atoms. The summed E-state index contributed by atoms with van der Waals surface area (Å²) < 4.78 is 11.5. The number of benzene rings is 1. The third kappa shape index (κ3) is 3.08. The highest BCUT2D eigenvalue weighted by atomic mass is 35.5. The lowest BCUT2D eigenvalue weighted by Gasteiger charge is -2.20. The Morgan fingerprint density at radius 1 is 1.35 bits per heavy atom. The molecule has 0 aliphatic carbocycles. The molecule has 1 heterocycles. The molecule has 0 aliphatic rings. The molecule has 7 heteroatoms. The second kappa shape index (κ2) is 5.38. The number of aromatic nitrogens is 1. The predicted octanol–water partition coefficient (Wildman–Crippen LogP) is 2.98. The number of halogens is 1. The van der Waals surface area contributed by atoms with Crippen molar-refractivity contribution < 1.29 is 19.2 Å². The number of fused-ring (bicyclic) bond motifs is 1. The van der Waals surface area contributed by atoms with E-state index >= 15 is 0 Å². The van der Waals surface area contributed by atoms with Crippen LogP contribution < -0.4 is 4.65 Å². The lowest BCUT2D eigenvalue weighted by atomic mass is 10.2. The average Bonchev–Trinajstić information content (AvgIpc) is 2.64. The topological polar surface area (TPSA) is 60.7 Å². The molecular formula is C13H14BClNO4. The van der Waals surface area contributed by atoms with Crippen LogP contribution in [0, 0.1) is 0 Å². The highest BCUT2D eigenvalue weighted by Gasteiger charge is 2.23. The van der Waals surface area contributed by atoms with E-state index < -0.39 is 11.7 Å². The average molecular weight is 295 g/mol. The zero-order valence-electron chi connectivity index (χ0n) is 11.4. The molecule has 1 aromatic heterocycles. The van der Waals surface area contributed by atoms with Crippen molar-refractivity contribution in [2.24, 2.45) is 0 Å². The van der Waals surface area contributed by atoms with Crippen molar-refractivity contribution in [3.63, 3.8) is 0 Å². The fraction of sp³-hybridized carbons (Fsp3) is 0.308. The van der Waals surface area contributed by atoms with Crippen LogP contribution in [0.3, 0.4) is 0 Å². The molecule has 5 nitrogen and oxygen atoms in total. The number of rotatable bonds is 2. The fourth-order valence-electron chi connectivity index (χ4n) is 1.79. The quantitative estimate of drug-likeness (QED) is 0.865. The number of nitrogens with zero attached hydrogens (tertiary/aromatic N) is 1. The molecule has 0 saturated carbocycles. The summed E-state index contributed by atoms with van der Waals surface area (Å²) in [5.74, 6) is 0.152. The van der Waals surface area contributed by atoms with Crippen molar-refractivity contribution in [2.75, 3.05) is 0 Å². The van der Waals surface area contributed by atoms with Gasteiger partial charge in [0.25, 0.3) is 0 Å². The largest absolute Gasteiger partial charge is 0.570 e. The molecule has 0 unspecified atom stereocenters. The Kier molecular flexibility index (Phi) is 3.97. The van der Waals surface area contributed by atoms with Crippen molar-refractivity contribution >= 4 is 36.3 Å². The Morgan fingerprint density at radius 2 is 2.05 bits per heavy atom. The highest BCUT2D eigenvalue weighted by molar-refractivity contribution is 6.31. The third-order valence-electron chi connectivity index (χ3n) is 2.48. The van der Waals surface area contributed by atoms with Gasteiger partial charge in [-0.3, -0.25) is 0 Å². The molecule has 2 aromatic rings. The fourth-order valence-corrected chi connectivity index (χ4v) is 1.95. The molecule has 105 valence electrons. The highest BCUT2D eigenvalue weighted by Crippen LogP contribution is 2.28. The molecule has 0 saturated heterocycles. The summed E-state index contributed by atoms with van der Waals surface area (Å²) in [5.41, 5.74) is -0.101. The molecule has 0 bridgehead atoms. The van der Waals surface area contributed by atoms with Gasteiger partial charge < -0.3 is 14.4 Å². The van der Waals surface area contributed by atoms with Crippen LogP contribution in [-0.2, 0) is 4.74 Å². The lowest BCUT2D eigenvalue weighted by Crippen LogP contribution is -2.27. The van der Waals surface area contributed by atoms with Crippen LogP contribution in [0.4, 0.5) is 4.79 Å². The zero-order valence-corrected chi connectivity index (χ0v) is 12.1. The number of hydrogen-bond donors (Lipinski definition) is 1. The Labute approximate surface area is 122 Å². The van der Waals surface area contributed by atoms with Crippen LogP contribution in [0.15, 0.2) is 24.3 Å². The summed E-state index contributed by atoms with van der Waals surface area (Å²) >= 11 is 5.95. The van der Waals surface area contributed by atoms with Crippen LogP contribution in [0.25, 0.3) is 10.9 Å². The molecule has 1 N–H and O–H groups in total. The maximum absolute atomic E-state index is 12.3. The number of carbonyl (C=O) groups excluding carboxylic acids is 1. The van der Waals surface area contributed by atoms with Crippen LogP contribution in [0.1, 0.15) is 20.8 Å². The van der Waals surface area contributed by atoms with E-state index in [4.69, 9.17) is 26.0 Å². The molecule has 2 rings (SSSR count). The number of ether oxygens (including phenoxy) is 1. The Hall–Kier alpha value is -1.66. The second-order valence-electron chi connectivity index (χ2n) is 5.22. The first-order valence-electron chi connectivity index (χ1n) is 5.99. The van der Waals surface area contributed by atoms with E-state index in [0.717, 1.165) is 5.39 Å². The summed E-state index contributed by atoms with van der Waals surface area (Å²) in [5, 5.41) is 10.0. The van der Waals surface area contributed by atoms with Crippen molar-refractivity contribution in [1.29, 1.82) is 0 Å². The smallest absolute Gasteiger partial charge is 0.524 e. The van der Waals surface area contributed by atoms with Gasteiger partial charge in [-0.15, -0.1) is 0 Å². The van der Waals surface area contributed by atoms with E-state index in [1.165, 1.54) is 4.57 Å². The van der Waals surface area contributed by atoms with Crippen molar-refractivity contribution in [3.05, 3.63) is 29.3 Å². The maximum Gasteiger partial charge on any atom is 0.570 e. The lowest BCUT2D eigenvalue weighted by molar-refractivity contribution is 0.0537. The van der Waals surface area contributed by atoms with E-state index in [1.54, 1.807) is 45.0 Å². The minimum Gasteiger partial charge on any atom is -0.524 e. The van der Waals surface area contributed by atoms with Crippen molar-refractivity contribution in [3.8, 4) is 5.88 Å². The van der Waals surface area contributed by atoms with Crippen molar-refractivity contribution in [1.82, 2.24) is 4.57 Å². The normalized spacial score (nSPS) is 11.4. The Balaban J connectivity index is 2.55. The predicted molar refractivity (Wildman–Crippen MR) is 77.2 cm³/mol. The van der Waals surface area contributed by atoms with Gasteiger partial charge >= 0.3 is 13.8 Å². The third-order valence-corrected chi connectivity index (χ3v) is 2.72. The molecule has 0 aliphatic heterocycles. The summed E-state index contributed by atoms with van der Waals surface area (Å²) in [6, 6.07) is 6.70. The van der Waals surface area contributed by atoms with E-state index in [0.29, 0.717) is 18.2 Å². The van der Waals surface area contributed by atoms with Crippen LogP contribution in [-0.4, -0.2) is 29.0 Å². The number of hydrogen-bond acceptors (Lipinski definition) is 4. The molecule has 1 radical (unpaired) electrons. The van der Waals surface area contributed by atoms with E-state index in [9.17, 15) is 4.79 Å². The van der Waals surface area contributed by atoms with E-state index in [1.807, 2.05) is 0 Å². The van der Waals surface area contributed by atoms with Gasteiger partial charge in [0.1, 0.15) is 5.60 Å². The van der Waals surface area contributed by atoms with Gasteiger partial charge in [-0.1, -0.05) is 17.7 Å². The first-order valence-corrected chi connectivity index (χ1v) is 6.36. The van der Waals surface area contributed by atoms with E-state index in [2.05, 4.69) is 0 Å². The monoisotopic (exact) mass is 294 g/mol. The molecule has 0 amide bonds. The van der Waals surface area contributed by atoms with Gasteiger partial charge in [-0.25, -0.2) is 9.36 Å². The van der Waals surface area contributed by atoms with Gasteiger partial charge in [0.15, 0.2) is 5.88 Å². The molecular weight excluding hydrogens is 280 g/mol. The minimum absolute atomic E-state index is 0.152. The van der Waals surface area contributed by atoms with Gasteiger partial charge in [0.2, 0.25) is 0 Å². The van der Waals surface area contributed by atoms with Crippen LogP contribution >= 0.6 is 11.6 Å². The number of carbonyl (C=O) groups is 1. The van der Waals surface area contributed by atoms with Crippen LogP contribution in [0.2, 0.25) is 5.02 Å². The Morgan fingerprint density at radius 3 is 2.65 bits per heavy atom. The summed E-state index contributed by atoms with van der Waals surface area (Å²) in [7, 11) is 0.511. The van der Waals surface area contributed by atoms with Gasteiger partial charge in [0.05, 0.1) is 5.52 Å². The zero-order chi connectivity index (χ0) is 14.9. The Bertz CT molecular complexity index is 648. The first kappa shape index (κ1) is 14.7. The minimum atomic E-state index is -0.646. The molecule has 1 aromatic carbocycles. The van der Waals surface area contributed by atoms with Crippen molar-refractivity contribution in [2.45, 2.75) is 26.4 Å². The second-order valence-corrected chi connectivity index (χ2v) is 5.66. The summed E-state index contributed by atoms with van der Waals surface area (Å²) in [6.07, 6.45) is -0.605. The van der Waals surface area contributed by atoms with Gasteiger partial charge in [-0.2, -0.15) is 0 Å². The summed E-state index contributed by atoms with van der Waals surface area (Å²) in [6.45, 7) is 5.30. The molecule has 0 fully saturated rings. The van der Waals surface area contributed by atoms with Gasteiger partial charge in [-0.05, 0) is 32.9 Å². The summed E-state index contributed by atoms with van der Waals surface area (Å²) in [4.78, 5) is 12.3. The standard InChI is InChI=1S/C13H14BClNO4/c1-13(2,3)19-12(17)16-10-7-9(15)5-4-8(10)6-11(16)20-14-18/h4-7,18H,1-3H3. The van der Waals surface area contributed by atoms with E-state index in [-0.39, 0.29) is 5.88 Å². The SMILES string of the molecule is CC(C)(C)OC(=O)n1c(O[B]O)cc2ccc(Cl)cc21. The van der Waals surface area contributed by atoms with Crippen LogP contribution in [0.5, 0.6) is 5.88 Å². The molecule has 0 atom stereocenters. The van der Waals surface area contributed by atoms with Gasteiger partial charge in [0, 0.05) is 16.5 Å².